The maximum absolute atomic E-state index is 12.6. The quantitative estimate of drug-likeness (QED) is 0.0532. The van der Waals surface area contributed by atoms with E-state index in [1.807, 2.05) is 0 Å². The molecule has 0 aromatic rings. The first kappa shape index (κ1) is 77.4. The highest BCUT2D eigenvalue weighted by molar-refractivity contribution is 5.76. The first-order valence-electron chi connectivity index (χ1n) is 37.2. The van der Waals surface area contributed by atoms with Crippen LogP contribution in [-0.2, 0) is 4.79 Å². The minimum atomic E-state index is -0.657. The molecule has 78 heavy (non-hydrogen) atoms. The van der Waals surface area contributed by atoms with Crippen LogP contribution in [0.25, 0.3) is 0 Å². The number of rotatable bonds is 71. The number of aliphatic hydroxyl groups excluding tert-OH is 2. The van der Waals surface area contributed by atoms with Crippen molar-refractivity contribution in [3.05, 3.63) is 0 Å². The first-order chi connectivity index (χ1) is 38.7. The van der Waals surface area contributed by atoms with E-state index in [1.54, 1.807) is 0 Å². The van der Waals surface area contributed by atoms with Gasteiger partial charge in [-0.25, -0.2) is 0 Å². The Morgan fingerprint density at radius 1 is 0.256 bits per heavy atom. The lowest BCUT2D eigenvalue weighted by atomic mass is 10.0. The van der Waals surface area contributed by atoms with E-state index in [4.69, 9.17) is 0 Å². The molecule has 2 unspecified atom stereocenters. The molecule has 0 saturated heterocycles. The van der Waals surface area contributed by atoms with Gasteiger partial charge in [-0.1, -0.05) is 431 Å². The third-order valence-corrected chi connectivity index (χ3v) is 18.1. The number of unbranched alkanes of at least 4 members (excludes halogenated alkanes) is 64. The van der Waals surface area contributed by atoms with Gasteiger partial charge in [-0.05, 0) is 12.8 Å². The fourth-order valence-corrected chi connectivity index (χ4v) is 12.5. The summed E-state index contributed by atoms with van der Waals surface area (Å²) in [4.78, 5) is 12.6. The zero-order valence-electron chi connectivity index (χ0n) is 54.2. The van der Waals surface area contributed by atoms with E-state index in [0.29, 0.717) is 12.8 Å². The van der Waals surface area contributed by atoms with Gasteiger partial charge in [0.05, 0.1) is 18.8 Å². The Morgan fingerprint density at radius 3 is 0.577 bits per heavy atom. The number of nitrogens with one attached hydrogen (secondary N) is 1. The summed E-state index contributed by atoms with van der Waals surface area (Å²) in [7, 11) is 0. The van der Waals surface area contributed by atoms with E-state index in [2.05, 4.69) is 19.2 Å². The zero-order valence-corrected chi connectivity index (χ0v) is 54.2. The van der Waals surface area contributed by atoms with Crippen LogP contribution in [0, 0.1) is 0 Å². The Morgan fingerprint density at radius 2 is 0.410 bits per heavy atom. The first-order valence-corrected chi connectivity index (χ1v) is 37.2. The Hall–Kier alpha value is -0.610. The molecule has 0 saturated carbocycles. The predicted molar refractivity (Wildman–Crippen MR) is 350 cm³/mol. The molecule has 0 fully saturated rings. The minimum Gasteiger partial charge on any atom is -0.394 e. The smallest absolute Gasteiger partial charge is 0.220 e. The topological polar surface area (TPSA) is 69.6 Å². The number of carbonyl (C=O) groups excluding carboxylic acids is 1. The van der Waals surface area contributed by atoms with Gasteiger partial charge in [0, 0.05) is 6.42 Å². The molecular formula is C74H149NO3. The van der Waals surface area contributed by atoms with Gasteiger partial charge in [0.2, 0.25) is 5.91 Å². The molecule has 0 radical (unpaired) electrons. The van der Waals surface area contributed by atoms with Gasteiger partial charge >= 0.3 is 0 Å². The van der Waals surface area contributed by atoms with Gasteiger partial charge in [-0.2, -0.15) is 0 Å². The van der Waals surface area contributed by atoms with E-state index < -0.39 is 12.1 Å². The van der Waals surface area contributed by atoms with Crippen molar-refractivity contribution < 1.29 is 15.0 Å². The van der Waals surface area contributed by atoms with Crippen LogP contribution in [0.4, 0.5) is 0 Å². The van der Waals surface area contributed by atoms with Crippen molar-refractivity contribution in [1.29, 1.82) is 0 Å². The summed E-state index contributed by atoms with van der Waals surface area (Å²) in [6.45, 7) is 4.43. The molecule has 0 aromatic carbocycles. The van der Waals surface area contributed by atoms with Gasteiger partial charge in [0.15, 0.2) is 0 Å². The Balaban J connectivity index is 3.34. The second-order valence-corrected chi connectivity index (χ2v) is 26.1. The standard InChI is InChI=1S/C74H149NO3/c1-3-5-7-9-11-13-15-17-19-21-23-25-27-29-31-33-35-37-38-40-42-44-46-48-50-52-54-56-58-60-62-64-66-68-70-74(78)75-72(71-76)73(77)69-67-65-63-61-59-57-55-53-51-49-47-45-43-41-39-36-34-32-30-28-26-24-22-20-18-16-14-12-10-8-6-4-2/h72-73,76-77H,3-71H2,1-2H3,(H,75,78). The highest BCUT2D eigenvalue weighted by atomic mass is 16.3. The van der Waals surface area contributed by atoms with Crippen molar-refractivity contribution >= 4 is 5.91 Å². The van der Waals surface area contributed by atoms with Crippen LogP contribution in [0.5, 0.6) is 0 Å². The third kappa shape index (κ3) is 66.2. The van der Waals surface area contributed by atoms with Crippen molar-refractivity contribution in [2.75, 3.05) is 6.61 Å². The molecule has 0 aromatic heterocycles. The Kier molecular flexibility index (Phi) is 70.1. The molecule has 468 valence electrons. The Labute approximate surface area is 493 Å². The molecule has 0 heterocycles. The van der Waals surface area contributed by atoms with E-state index >= 15 is 0 Å². The molecule has 2 atom stereocenters. The maximum Gasteiger partial charge on any atom is 0.220 e. The lowest BCUT2D eigenvalue weighted by Crippen LogP contribution is -2.45. The van der Waals surface area contributed by atoms with E-state index in [0.717, 1.165) is 25.7 Å². The average Bonchev–Trinajstić information content (AvgIpc) is 3.44. The van der Waals surface area contributed by atoms with Crippen molar-refractivity contribution in [2.45, 2.75) is 463 Å². The lowest BCUT2D eigenvalue weighted by molar-refractivity contribution is -0.123. The average molecular weight is 1100 g/mol. The number of hydrogen-bond acceptors (Lipinski definition) is 3. The largest absolute Gasteiger partial charge is 0.394 e. The van der Waals surface area contributed by atoms with Crippen molar-refractivity contribution in [3.63, 3.8) is 0 Å². The van der Waals surface area contributed by atoms with Crippen LogP contribution < -0.4 is 5.32 Å². The molecule has 4 nitrogen and oxygen atoms in total. The fourth-order valence-electron chi connectivity index (χ4n) is 12.5. The minimum absolute atomic E-state index is 0.0185. The van der Waals surface area contributed by atoms with Crippen LogP contribution >= 0.6 is 0 Å². The molecule has 0 aliphatic carbocycles. The lowest BCUT2D eigenvalue weighted by Gasteiger charge is -2.22. The SMILES string of the molecule is CCCCCCCCCCCCCCCCCCCCCCCCCCCCCCCCCCCCC(=O)NC(CO)C(O)CCCCCCCCCCCCCCCCCCCCCCCCCCCCCCCCCC. The highest BCUT2D eigenvalue weighted by Crippen LogP contribution is 2.21. The zero-order chi connectivity index (χ0) is 56.2. The van der Waals surface area contributed by atoms with Crippen LogP contribution in [0.3, 0.4) is 0 Å². The number of amides is 1. The van der Waals surface area contributed by atoms with Crippen LogP contribution in [0.15, 0.2) is 0 Å². The second kappa shape index (κ2) is 70.7. The van der Waals surface area contributed by atoms with Crippen molar-refractivity contribution in [2.24, 2.45) is 0 Å². The number of hydrogen-bond donors (Lipinski definition) is 3. The van der Waals surface area contributed by atoms with Gasteiger partial charge in [-0.3, -0.25) is 4.79 Å². The summed E-state index contributed by atoms with van der Waals surface area (Å²) in [5.41, 5.74) is 0. The van der Waals surface area contributed by atoms with Gasteiger partial charge < -0.3 is 15.5 Å². The van der Waals surface area contributed by atoms with Crippen molar-refractivity contribution in [3.8, 4) is 0 Å². The summed E-state index contributed by atoms with van der Waals surface area (Å²) in [6.07, 6.45) is 93.4. The molecule has 0 aliphatic rings. The van der Waals surface area contributed by atoms with Gasteiger partial charge in [-0.15, -0.1) is 0 Å². The predicted octanol–water partition coefficient (Wildman–Crippen LogP) is 25.4. The highest BCUT2D eigenvalue weighted by Gasteiger charge is 2.20. The maximum atomic E-state index is 12.6. The molecule has 4 heteroatoms. The molecule has 0 bridgehead atoms. The molecule has 0 spiro atoms. The molecule has 0 aliphatic heterocycles. The summed E-state index contributed by atoms with van der Waals surface area (Å²) >= 11 is 0. The molecule has 0 rings (SSSR count). The normalized spacial score (nSPS) is 12.5. The molecular weight excluding hydrogens is 951 g/mol. The van der Waals surface area contributed by atoms with Crippen LogP contribution in [0.2, 0.25) is 0 Å². The monoisotopic (exact) mass is 1100 g/mol. The number of carbonyl (C=O) groups is 1. The molecule has 3 N–H and O–H groups in total. The number of aliphatic hydroxyl groups is 2. The van der Waals surface area contributed by atoms with E-state index in [-0.39, 0.29) is 12.5 Å². The summed E-state index contributed by atoms with van der Waals surface area (Å²) in [5.74, 6) is -0.0185. The third-order valence-electron chi connectivity index (χ3n) is 18.1. The Bertz CT molecular complexity index is 1060. The molecule has 1 amide bonds. The van der Waals surface area contributed by atoms with Gasteiger partial charge in [0.25, 0.3) is 0 Å². The van der Waals surface area contributed by atoms with E-state index in [1.165, 1.54) is 398 Å². The fraction of sp³-hybridized carbons (Fsp3) is 0.986. The van der Waals surface area contributed by atoms with Gasteiger partial charge in [0.1, 0.15) is 0 Å². The van der Waals surface area contributed by atoms with Crippen LogP contribution in [0.1, 0.15) is 450 Å². The van der Waals surface area contributed by atoms with E-state index in [9.17, 15) is 15.0 Å². The summed E-state index contributed by atoms with van der Waals surface area (Å²) in [5, 5.41) is 23.5. The van der Waals surface area contributed by atoms with Crippen molar-refractivity contribution in [1.82, 2.24) is 5.32 Å². The second-order valence-electron chi connectivity index (χ2n) is 26.1. The van der Waals surface area contributed by atoms with Crippen LogP contribution in [-0.4, -0.2) is 34.9 Å². The summed E-state index contributed by atoms with van der Waals surface area (Å²) < 4.78 is 0. The summed E-state index contributed by atoms with van der Waals surface area (Å²) in [6, 6.07) is -0.533.